The second kappa shape index (κ2) is 5.58. The Kier molecular flexibility index (Phi) is 3.64. The van der Waals surface area contributed by atoms with Gasteiger partial charge in [0.15, 0.2) is 5.65 Å². The molecule has 2 aromatic heterocycles. The van der Waals surface area contributed by atoms with Crippen molar-refractivity contribution in [1.82, 2.24) is 19.9 Å². The summed E-state index contributed by atoms with van der Waals surface area (Å²) in [4.78, 5) is 12.0. The maximum atomic E-state index is 12.0. The molecule has 1 aliphatic carbocycles. The molecule has 0 radical (unpaired) electrons. The predicted molar refractivity (Wildman–Crippen MR) is 75.0 cm³/mol. The van der Waals surface area contributed by atoms with Crippen LogP contribution < -0.4 is 11.1 Å². The molecular formula is C14H19N5O. The third-order valence-electron chi connectivity index (χ3n) is 3.94. The van der Waals surface area contributed by atoms with Gasteiger partial charge in [-0.15, -0.1) is 10.2 Å². The van der Waals surface area contributed by atoms with Gasteiger partial charge < -0.3 is 11.1 Å². The highest BCUT2D eigenvalue weighted by Gasteiger charge is 2.29. The number of hydrogen-bond donors (Lipinski definition) is 2. The normalized spacial score (nSPS) is 22.2. The van der Waals surface area contributed by atoms with Gasteiger partial charge in [-0.3, -0.25) is 9.20 Å². The van der Waals surface area contributed by atoms with Gasteiger partial charge in [-0.25, -0.2) is 0 Å². The molecule has 2 heterocycles. The molecule has 3 rings (SSSR count). The molecule has 0 aromatic carbocycles. The Morgan fingerprint density at radius 2 is 2.30 bits per heavy atom. The summed E-state index contributed by atoms with van der Waals surface area (Å²) in [6.07, 6.45) is 5.50. The molecule has 0 bridgehead atoms. The number of fused-ring (bicyclic) bond motifs is 1. The largest absolute Gasteiger partial charge is 0.355 e. The van der Waals surface area contributed by atoms with Gasteiger partial charge in [-0.2, -0.15) is 0 Å². The first-order chi connectivity index (χ1) is 9.75. The Labute approximate surface area is 117 Å². The number of nitrogens with two attached hydrogens (primary N) is 1. The van der Waals surface area contributed by atoms with Crippen molar-refractivity contribution in [3.8, 4) is 0 Å². The highest BCUT2D eigenvalue weighted by molar-refractivity contribution is 5.79. The van der Waals surface area contributed by atoms with E-state index in [-0.39, 0.29) is 17.9 Å². The van der Waals surface area contributed by atoms with Gasteiger partial charge in [0.1, 0.15) is 5.82 Å². The maximum Gasteiger partial charge on any atom is 0.224 e. The quantitative estimate of drug-likeness (QED) is 0.850. The van der Waals surface area contributed by atoms with Gasteiger partial charge in [0.2, 0.25) is 5.91 Å². The Morgan fingerprint density at radius 1 is 1.40 bits per heavy atom. The molecule has 2 aromatic rings. The minimum atomic E-state index is -0.0230. The number of pyridine rings is 1. The molecule has 6 nitrogen and oxygen atoms in total. The number of rotatable bonds is 4. The van der Waals surface area contributed by atoms with Crippen LogP contribution in [0, 0.1) is 5.92 Å². The van der Waals surface area contributed by atoms with Crippen LogP contribution >= 0.6 is 0 Å². The molecule has 0 aliphatic heterocycles. The molecular weight excluding hydrogens is 254 g/mol. The highest BCUT2D eigenvalue weighted by Crippen LogP contribution is 2.23. The van der Waals surface area contributed by atoms with Gasteiger partial charge >= 0.3 is 0 Å². The van der Waals surface area contributed by atoms with Crippen molar-refractivity contribution in [1.29, 1.82) is 0 Å². The fourth-order valence-electron chi connectivity index (χ4n) is 2.80. The van der Waals surface area contributed by atoms with Crippen LogP contribution in [-0.4, -0.2) is 33.1 Å². The smallest absolute Gasteiger partial charge is 0.224 e. The first-order valence-corrected chi connectivity index (χ1v) is 7.07. The molecule has 1 saturated carbocycles. The van der Waals surface area contributed by atoms with E-state index in [1.165, 1.54) is 0 Å². The number of carbonyl (C=O) groups is 1. The van der Waals surface area contributed by atoms with Gasteiger partial charge in [0, 0.05) is 25.2 Å². The fraction of sp³-hybridized carbons (Fsp3) is 0.500. The van der Waals surface area contributed by atoms with Crippen LogP contribution in [0.4, 0.5) is 0 Å². The number of nitrogens with one attached hydrogen (secondary N) is 1. The van der Waals surface area contributed by atoms with Crippen molar-refractivity contribution in [2.24, 2.45) is 11.7 Å². The summed E-state index contributed by atoms with van der Waals surface area (Å²) >= 11 is 0. The van der Waals surface area contributed by atoms with Crippen molar-refractivity contribution < 1.29 is 4.79 Å². The lowest BCUT2D eigenvalue weighted by Gasteiger charge is -2.14. The number of amides is 1. The summed E-state index contributed by atoms with van der Waals surface area (Å²) in [5.41, 5.74) is 6.76. The molecule has 6 heteroatoms. The van der Waals surface area contributed by atoms with Crippen LogP contribution in [0.2, 0.25) is 0 Å². The van der Waals surface area contributed by atoms with E-state index >= 15 is 0 Å². The standard InChI is InChI=1S/C14H19N5O/c15-11-5-3-4-10(11)14(20)16-8-7-13-18-17-12-6-1-2-9-19(12)13/h1-2,6,9-11H,3-5,7-8,15H2,(H,16,20). The van der Waals surface area contributed by atoms with E-state index in [9.17, 15) is 4.79 Å². The molecule has 2 atom stereocenters. The summed E-state index contributed by atoms with van der Waals surface area (Å²) in [6, 6.07) is 5.79. The molecule has 2 unspecified atom stereocenters. The molecule has 20 heavy (non-hydrogen) atoms. The van der Waals surface area contributed by atoms with Crippen molar-refractivity contribution in [3.63, 3.8) is 0 Å². The predicted octanol–water partition coefficient (Wildman–Crippen LogP) is 0.515. The lowest BCUT2D eigenvalue weighted by Crippen LogP contribution is -2.39. The SMILES string of the molecule is NC1CCCC1C(=O)NCCc1nnc2ccccn12. The second-order valence-electron chi connectivity index (χ2n) is 5.29. The Morgan fingerprint density at radius 3 is 3.10 bits per heavy atom. The average Bonchev–Trinajstić information content (AvgIpc) is 3.05. The topological polar surface area (TPSA) is 85.3 Å². The van der Waals surface area contributed by atoms with Crippen LogP contribution in [0.3, 0.4) is 0 Å². The van der Waals surface area contributed by atoms with Crippen LogP contribution in [-0.2, 0) is 11.2 Å². The molecule has 106 valence electrons. The Bertz CT molecular complexity index is 608. The monoisotopic (exact) mass is 273 g/mol. The average molecular weight is 273 g/mol. The highest BCUT2D eigenvalue weighted by atomic mass is 16.1. The van der Waals surface area contributed by atoms with E-state index in [4.69, 9.17) is 5.73 Å². The summed E-state index contributed by atoms with van der Waals surface area (Å²) in [5, 5.41) is 11.2. The number of aromatic nitrogens is 3. The summed E-state index contributed by atoms with van der Waals surface area (Å²) in [5.74, 6) is 0.908. The Balaban J connectivity index is 1.56. The molecule has 3 N–H and O–H groups in total. The lowest BCUT2D eigenvalue weighted by molar-refractivity contribution is -0.125. The number of carbonyl (C=O) groups excluding carboxylic acids is 1. The molecule has 1 aliphatic rings. The van der Waals surface area contributed by atoms with Crippen molar-refractivity contribution in [2.45, 2.75) is 31.7 Å². The van der Waals surface area contributed by atoms with Crippen molar-refractivity contribution in [2.75, 3.05) is 6.54 Å². The zero-order valence-electron chi connectivity index (χ0n) is 11.3. The third-order valence-corrected chi connectivity index (χ3v) is 3.94. The van der Waals surface area contributed by atoms with Crippen LogP contribution in [0.25, 0.3) is 5.65 Å². The van der Waals surface area contributed by atoms with Crippen molar-refractivity contribution >= 4 is 11.6 Å². The number of hydrogen-bond acceptors (Lipinski definition) is 4. The lowest BCUT2D eigenvalue weighted by atomic mass is 10.0. The summed E-state index contributed by atoms with van der Waals surface area (Å²) < 4.78 is 1.94. The van der Waals surface area contributed by atoms with E-state index in [0.717, 1.165) is 30.7 Å². The molecule has 0 spiro atoms. The molecule has 1 fully saturated rings. The van der Waals surface area contributed by atoms with E-state index < -0.39 is 0 Å². The van der Waals surface area contributed by atoms with Crippen LogP contribution in [0.1, 0.15) is 25.1 Å². The van der Waals surface area contributed by atoms with E-state index in [1.807, 2.05) is 28.8 Å². The summed E-state index contributed by atoms with van der Waals surface area (Å²) in [6.45, 7) is 0.567. The van der Waals surface area contributed by atoms with Crippen LogP contribution in [0.15, 0.2) is 24.4 Å². The van der Waals surface area contributed by atoms with E-state index in [2.05, 4.69) is 15.5 Å². The first-order valence-electron chi connectivity index (χ1n) is 7.07. The van der Waals surface area contributed by atoms with Gasteiger partial charge in [0.25, 0.3) is 0 Å². The van der Waals surface area contributed by atoms with Crippen LogP contribution in [0.5, 0.6) is 0 Å². The molecule has 0 saturated heterocycles. The second-order valence-corrected chi connectivity index (χ2v) is 5.29. The minimum absolute atomic E-state index is 0.0175. The summed E-state index contributed by atoms with van der Waals surface area (Å²) in [7, 11) is 0. The first kappa shape index (κ1) is 13.1. The van der Waals surface area contributed by atoms with E-state index in [1.54, 1.807) is 0 Å². The Hall–Kier alpha value is -1.95. The maximum absolute atomic E-state index is 12.0. The minimum Gasteiger partial charge on any atom is -0.355 e. The van der Waals surface area contributed by atoms with Crippen molar-refractivity contribution in [3.05, 3.63) is 30.2 Å². The van der Waals surface area contributed by atoms with Gasteiger partial charge in [-0.05, 0) is 25.0 Å². The fourth-order valence-corrected chi connectivity index (χ4v) is 2.80. The zero-order valence-corrected chi connectivity index (χ0v) is 11.3. The van der Waals surface area contributed by atoms with Gasteiger partial charge in [-0.1, -0.05) is 12.5 Å². The van der Waals surface area contributed by atoms with E-state index in [0.29, 0.717) is 13.0 Å². The molecule has 1 amide bonds. The third kappa shape index (κ3) is 2.51. The number of nitrogens with zero attached hydrogens (tertiary/aromatic N) is 3. The zero-order chi connectivity index (χ0) is 13.9. The van der Waals surface area contributed by atoms with Gasteiger partial charge in [0.05, 0.1) is 5.92 Å².